The van der Waals surface area contributed by atoms with E-state index in [2.05, 4.69) is 9.97 Å². The molecule has 27 heavy (non-hydrogen) atoms. The maximum atomic E-state index is 12.6. The number of aromatic nitrogens is 2. The van der Waals surface area contributed by atoms with E-state index in [9.17, 15) is 18.0 Å². The first-order valence-electron chi connectivity index (χ1n) is 9.69. The molecule has 1 aromatic heterocycles. The van der Waals surface area contributed by atoms with Gasteiger partial charge < -0.3 is 9.88 Å². The topological polar surface area (TPSA) is 103 Å². The first-order chi connectivity index (χ1) is 12.8. The molecule has 1 aliphatic carbocycles. The Morgan fingerprint density at radius 2 is 1.93 bits per heavy atom. The molecule has 1 aromatic rings. The number of H-pyrrole nitrogens is 1. The lowest BCUT2D eigenvalue weighted by Crippen LogP contribution is -2.39. The quantitative estimate of drug-likeness (QED) is 0.808. The molecule has 3 heterocycles. The Labute approximate surface area is 159 Å². The van der Waals surface area contributed by atoms with Crippen molar-refractivity contribution >= 4 is 15.9 Å². The molecule has 0 aromatic carbocycles. The molecule has 2 fully saturated rings. The molecule has 148 valence electrons. The average Bonchev–Trinajstić information content (AvgIpc) is 3.32. The SMILES string of the molecule is CS(=O)(=O)N1CCc2c(nc([C@@H]3CCN(C(=O)C4CCCC4)C3)[nH]c2=O)C1. The number of nitrogens with zero attached hydrogens (tertiary/aromatic N) is 3. The van der Waals surface area contributed by atoms with Gasteiger partial charge in [0.05, 0.1) is 18.5 Å². The summed E-state index contributed by atoms with van der Waals surface area (Å²) < 4.78 is 25.0. The molecule has 0 bridgehead atoms. The number of aromatic amines is 1. The van der Waals surface area contributed by atoms with E-state index in [4.69, 9.17) is 0 Å². The highest BCUT2D eigenvalue weighted by atomic mass is 32.2. The van der Waals surface area contributed by atoms with Crippen LogP contribution < -0.4 is 5.56 Å². The fraction of sp³-hybridized carbons (Fsp3) is 0.722. The van der Waals surface area contributed by atoms with Crippen LogP contribution in [0.15, 0.2) is 4.79 Å². The zero-order valence-electron chi connectivity index (χ0n) is 15.6. The molecule has 1 saturated carbocycles. The standard InChI is InChI=1S/C18H26N4O4S/c1-27(25,26)22-9-7-14-15(11-22)19-16(20-17(14)23)13-6-8-21(10-13)18(24)12-4-2-3-5-12/h12-13H,2-11H2,1H3,(H,19,20,23)/t13-/m1/s1. The summed E-state index contributed by atoms with van der Waals surface area (Å²) in [5.74, 6) is 0.971. The molecule has 0 radical (unpaired) electrons. The third kappa shape index (κ3) is 3.67. The molecule has 8 nitrogen and oxygen atoms in total. The van der Waals surface area contributed by atoms with Gasteiger partial charge in [0, 0.05) is 37.0 Å². The first kappa shape index (κ1) is 18.6. The molecule has 4 rings (SSSR count). The summed E-state index contributed by atoms with van der Waals surface area (Å²) in [7, 11) is -3.31. The summed E-state index contributed by atoms with van der Waals surface area (Å²) in [6.07, 6.45) is 6.55. The Morgan fingerprint density at radius 1 is 1.19 bits per heavy atom. The first-order valence-corrected chi connectivity index (χ1v) is 11.5. The van der Waals surface area contributed by atoms with Crippen molar-refractivity contribution in [2.24, 2.45) is 5.92 Å². The van der Waals surface area contributed by atoms with Gasteiger partial charge in [0.2, 0.25) is 15.9 Å². The van der Waals surface area contributed by atoms with Gasteiger partial charge in [0.25, 0.3) is 5.56 Å². The van der Waals surface area contributed by atoms with Gasteiger partial charge in [0.1, 0.15) is 5.82 Å². The van der Waals surface area contributed by atoms with Crippen molar-refractivity contribution < 1.29 is 13.2 Å². The number of sulfonamides is 1. The van der Waals surface area contributed by atoms with Crippen LogP contribution in [-0.2, 0) is 27.8 Å². The molecular formula is C18H26N4O4S. The van der Waals surface area contributed by atoms with Gasteiger partial charge in [-0.25, -0.2) is 13.4 Å². The molecule has 0 unspecified atom stereocenters. The molecule has 1 saturated heterocycles. The average molecular weight is 394 g/mol. The maximum absolute atomic E-state index is 12.6. The summed E-state index contributed by atoms with van der Waals surface area (Å²) in [4.78, 5) is 34.5. The van der Waals surface area contributed by atoms with E-state index < -0.39 is 10.0 Å². The van der Waals surface area contributed by atoms with Gasteiger partial charge in [-0.05, 0) is 25.7 Å². The number of hydrogen-bond donors (Lipinski definition) is 1. The number of rotatable bonds is 3. The maximum Gasteiger partial charge on any atom is 0.254 e. The summed E-state index contributed by atoms with van der Waals surface area (Å²) in [5.41, 5.74) is 0.949. The van der Waals surface area contributed by atoms with E-state index >= 15 is 0 Å². The smallest absolute Gasteiger partial charge is 0.254 e. The van der Waals surface area contributed by atoms with Gasteiger partial charge in [-0.3, -0.25) is 9.59 Å². The van der Waals surface area contributed by atoms with Gasteiger partial charge in [-0.15, -0.1) is 0 Å². The van der Waals surface area contributed by atoms with Crippen molar-refractivity contribution in [3.63, 3.8) is 0 Å². The number of fused-ring (bicyclic) bond motifs is 1. The van der Waals surface area contributed by atoms with Crippen molar-refractivity contribution in [1.29, 1.82) is 0 Å². The highest BCUT2D eigenvalue weighted by Crippen LogP contribution is 2.31. The van der Waals surface area contributed by atoms with E-state index in [1.165, 1.54) is 10.6 Å². The summed E-state index contributed by atoms with van der Waals surface area (Å²) in [6, 6.07) is 0. The molecule has 1 N–H and O–H groups in total. The molecule has 2 aliphatic heterocycles. The lowest BCUT2D eigenvalue weighted by atomic mass is 10.0. The van der Waals surface area contributed by atoms with Crippen LogP contribution in [0.2, 0.25) is 0 Å². The lowest BCUT2D eigenvalue weighted by Gasteiger charge is -2.26. The van der Waals surface area contributed by atoms with Crippen LogP contribution in [0.5, 0.6) is 0 Å². The second-order valence-electron chi connectivity index (χ2n) is 7.97. The molecule has 9 heteroatoms. The monoisotopic (exact) mass is 394 g/mol. The third-order valence-electron chi connectivity index (χ3n) is 6.12. The number of likely N-dealkylation sites (tertiary alicyclic amines) is 1. The minimum absolute atomic E-state index is 0.00182. The third-order valence-corrected chi connectivity index (χ3v) is 7.37. The predicted molar refractivity (Wildman–Crippen MR) is 99.7 cm³/mol. The van der Waals surface area contributed by atoms with E-state index in [0.29, 0.717) is 43.1 Å². The van der Waals surface area contributed by atoms with Crippen LogP contribution in [0, 0.1) is 5.92 Å². The summed E-state index contributed by atoms with van der Waals surface area (Å²) in [5, 5.41) is 0. The van der Waals surface area contributed by atoms with Crippen LogP contribution >= 0.6 is 0 Å². The van der Waals surface area contributed by atoms with Crippen LogP contribution in [0.25, 0.3) is 0 Å². The summed E-state index contributed by atoms with van der Waals surface area (Å²) in [6.45, 7) is 1.72. The number of amides is 1. The van der Waals surface area contributed by atoms with Gasteiger partial charge in [-0.1, -0.05) is 12.8 Å². The van der Waals surface area contributed by atoms with Crippen LogP contribution in [0.1, 0.15) is 55.1 Å². The minimum Gasteiger partial charge on any atom is -0.342 e. The Bertz CT molecular complexity index is 904. The van der Waals surface area contributed by atoms with E-state index in [-0.39, 0.29) is 29.8 Å². The second-order valence-corrected chi connectivity index (χ2v) is 9.96. The van der Waals surface area contributed by atoms with Crippen LogP contribution in [-0.4, -0.2) is 59.4 Å². The van der Waals surface area contributed by atoms with Crippen molar-refractivity contribution in [2.45, 2.75) is 51.0 Å². The molecule has 1 amide bonds. The Balaban J connectivity index is 1.53. The van der Waals surface area contributed by atoms with Gasteiger partial charge in [-0.2, -0.15) is 4.31 Å². The van der Waals surface area contributed by atoms with Crippen molar-refractivity contribution in [1.82, 2.24) is 19.2 Å². The van der Waals surface area contributed by atoms with Crippen LogP contribution in [0.4, 0.5) is 0 Å². The molecule has 3 aliphatic rings. The number of carbonyl (C=O) groups is 1. The van der Waals surface area contributed by atoms with E-state index in [1.54, 1.807) is 0 Å². The molecule has 0 spiro atoms. The van der Waals surface area contributed by atoms with Gasteiger partial charge >= 0.3 is 0 Å². The summed E-state index contributed by atoms with van der Waals surface area (Å²) >= 11 is 0. The number of carbonyl (C=O) groups excluding carboxylic acids is 1. The minimum atomic E-state index is -3.31. The molecular weight excluding hydrogens is 368 g/mol. The Morgan fingerprint density at radius 3 is 2.63 bits per heavy atom. The second kappa shape index (κ2) is 7.01. The predicted octanol–water partition coefficient (Wildman–Crippen LogP) is 0.594. The van der Waals surface area contributed by atoms with Gasteiger partial charge in [0.15, 0.2) is 0 Å². The zero-order chi connectivity index (χ0) is 19.2. The lowest BCUT2D eigenvalue weighted by molar-refractivity contribution is -0.134. The number of nitrogens with one attached hydrogen (secondary N) is 1. The van der Waals surface area contributed by atoms with Crippen molar-refractivity contribution in [3.05, 3.63) is 27.4 Å². The fourth-order valence-corrected chi connectivity index (χ4v) is 5.31. The highest BCUT2D eigenvalue weighted by molar-refractivity contribution is 7.88. The van der Waals surface area contributed by atoms with Crippen LogP contribution in [0.3, 0.4) is 0 Å². The highest BCUT2D eigenvalue weighted by Gasteiger charge is 2.34. The van der Waals surface area contributed by atoms with E-state index in [1.807, 2.05) is 4.90 Å². The van der Waals surface area contributed by atoms with Crippen molar-refractivity contribution in [2.75, 3.05) is 25.9 Å². The van der Waals surface area contributed by atoms with E-state index in [0.717, 1.165) is 32.1 Å². The Kier molecular flexibility index (Phi) is 4.84. The zero-order valence-corrected chi connectivity index (χ0v) is 16.4. The fourth-order valence-electron chi connectivity index (χ4n) is 4.53. The number of hydrogen-bond acceptors (Lipinski definition) is 5. The van der Waals surface area contributed by atoms with Crippen molar-refractivity contribution in [3.8, 4) is 0 Å². The molecule has 1 atom stereocenters. The normalized spacial score (nSPS) is 24.3. The Hall–Kier alpha value is -1.74. The largest absolute Gasteiger partial charge is 0.342 e.